The Morgan fingerprint density at radius 3 is 1.81 bits per heavy atom. The third-order valence-electron chi connectivity index (χ3n) is 5.66. The van der Waals surface area contributed by atoms with Crippen LogP contribution in [0.5, 0.6) is 0 Å². The Hall–Kier alpha value is -1.37. The topological polar surface area (TPSA) is 61.2 Å². The number of hydrogen-bond donors (Lipinski definition) is 0. The molecule has 0 radical (unpaired) electrons. The van der Waals surface area contributed by atoms with E-state index in [2.05, 4.69) is 6.07 Å². The molecule has 2 aliphatic carbocycles. The van der Waals surface area contributed by atoms with Gasteiger partial charge in [0.1, 0.15) is 5.54 Å². The maximum Gasteiger partial charge on any atom is 0.234 e. The third-order valence-corrected chi connectivity index (χ3v) is 5.66. The highest BCUT2D eigenvalue weighted by Gasteiger charge is 2.55. The molecule has 0 aromatic carbocycles. The van der Waals surface area contributed by atoms with Crippen molar-refractivity contribution < 1.29 is 9.59 Å². The summed E-state index contributed by atoms with van der Waals surface area (Å²) in [4.78, 5) is 26.9. The van der Waals surface area contributed by atoms with Crippen LogP contribution < -0.4 is 0 Å². The molecule has 2 amide bonds. The SMILES string of the molecule is N#CC1(N2C(=O)C3CCCCC3C2=O)CCCCCCC1. The summed E-state index contributed by atoms with van der Waals surface area (Å²) in [6.45, 7) is 0. The Bertz CT molecular complexity index is 448. The first kappa shape index (κ1) is 14.6. The van der Waals surface area contributed by atoms with E-state index in [1.54, 1.807) is 0 Å². The predicted octanol–water partition coefficient (Wildman–Crippen LogP) is 3.17. The van der Waals surface area contributed by atoms with E-state index in [0.29, 0.717) is 12.8 Å². The van der Waals surface area contributed by atoms with Crippen molar-refractivity contribution in [2.24, 2.45) is 11.8 Å². The molecule has 3 rings (SSSR count). The average molecular weight is 288 g/mol. The molecular formula is C17H24N2O2. The Morgan fingerprint density at radius 1 is 0.857 bits per heavy atom. The van der Waals surface area contributed by atoms with Crippen LogP contribution in [0.15, 0.2) is 0 Å². The highest BCUT2D eigenvalue weighted by atomic mass is 16.2. The summed E-state index contributed by atoms with van der Waals surface area (Å²) in [5.74, 6) is -0.373. The summed E-state index contributed by atoms with van der Waals surface area (Å²) in [7, 11) is 0. The van der Waals surface area contributed by atoms with Gasteiger partial charge in [-0.15, -0.1) is 0 Å². The van der Waals surface area contributed by atoms with Gasteiger partial charge in [0.25, 0.3) is 0 Å². The summed E-state index contributed by atoms with van der Waals surface area (Å²) in [6, 6.07) is 2.38. The summed E-state index contributed by atoms with van der Waals surface area (Å²) in [5.41, 5.74) is -0.855. The van der Waals surface area contributed by atoms with E-state index in [-0.39, 0.29) is 23.7 Å². The minimum Gasteiger partial charge on any atom is -0.274 e. The lowest BCUT2D eigenvalue weighted by Gasteiger charge is -2.36. The lowest BCUT2D eigenvalue weighted by Crippen LogP contribution is -2.51. The normalized spacial score (nSPS) is 33.0. The minimum absolute atomic E-state index is 0.0492. The Balaban J connectivity index is 1.90. The molecule has 0 N–H and O–H groups in total. The fourth-order valence-electron chi connectivity index (χ4n) is 4.46. The number of hydrogen-bond acceptors (Lipinski definition) is 3. The lowest BCUT2D eigenvalue weighted by molar-refractivity contribution is -0.146. The van der Waals surface area contributed by atoms with Crippen LogP contribution in [0.3, 0.4) is 0 Å². The summed E-state index contributed by atoms with van der Waals surface area (Å²) < 4.78 is 0. The van der Waals surface area contributed by atoms with Crippen molar-refractivity contribution in [1.82, 2.24) is 4.90 Å². The highest BCUT2D eigenvalue weighted by molar-refractivity contribution is 6.06. The summed E-state index contributed by atoms with van der Waals surface area (Å²) in [5, 5.41) is 9.79. The zero-order chi connectivity index (χ0) is 14.9. The number of nitriles is 1. The number of amides is 2. The number of likely N-dealkylation sites (tertiary alicyclic amines) is 1. The van der Waals surface area contributed by atoms with Crippen molar-refractivity contribution in [2.75, 3.05) is 0 Å². The molecule has 0 aromatic heterocycles. The molecular weight excluding hydrogens is 264 g/mol. The van der Waals surface area contributed by atoms with Crippen LogP contribution in [0, 0.1) is 23.2 Å². The van der Waals surface area contributed by atoms with Gasteiger partial charge in [-0.2, -0.15) is 5.26 Å². The molecule has 0 bridgehead atoms. The quantitative estimate of drug-likeness (QED) is 0.696. The zero-order valence-electron chi connectivity index (χ0n) is 12.6. The number of nitrogens with zero attached hydrogens (tertiary/aromatic N) is 2. The Kier molecular flexibility index (Phi) is 4.01. The first-order valence-corrected chi connectivity index (χ1v) is 8.49. The fraction of sp³-hybridized carbons (Fsp3) is 0.824. The van der Waals surface area contributed by atoms with E-state index in [9.17, 15) is 14.9 Å². The van der Waals surface area contributed by atoms with E-state index < -0.39 is 5.54 Å². The van der Waals surface area contributed by atoms with Gasteiger partial charge in [-0.3, -0.25) is 14.5 Å². The van der Waals surface area contributed by atoms with Gasteiger partial charge in [0.05, 0.1) is 17.9 Å². The molecule has 2 saturated carbocycles. The molecule has 1 heterocycles. The first-order valence-electron chi connectivity index (χ1n) is 8.49. The van der Waals surface area contributed by atoms with Crippen molar-refractivity contribution in [3.63, 3.8) is 0 Å². The fourth-order valence-corrected chi connectivity index (χ4v) is 4.46. The molecule has 1 aliphatic heterocycles. The largest absolute Gasteiger partial charge is 0.274 e. The smallest absolute Gasteiger partial charge is 0.234 e. The van der Waals surface area contributed by atoms with Crippen LogP contribution in [0.4, 0.5) is 0 Å². The molecule has 4 heteroatoms. The van der Waals surface area contributed by atoms with Crippen LogP contribution >= 0.6 is 0 Å². The van der Waals surface area contributed by atoms with Crippen molar-refractivity contribution in [1.29, 1.82) is 5.26 Å². The van der Waals surface area contributed by atoms with E-state index in [4.69, 9.17) is 0 Å². The second kappa shape index (κ2) is 5.79. The van der Waals surface area contributed by atoms with Gasteiger partial charge in [-0.25, -0.2) is 0 Å². The summed E-state index contributed by atoms with van der Waals surface area (Å²) in [6.07, 6.45) is 10.4. The van der Waals surface area contributed by atoms with E-state index in [1.165, 1.54) is 11.3 Å². The van der Waals surface area contributed by atoms with Crippen LogP contribution in [-0.2, 0) is 9.59 Å². The lowest BCUT2D eigenvalue weighted by atomic mass is 9.81. The molecule has 3 fully saturated rings. The first-order chi connectivity index (χ1) is 10.2. The van der Waals surface area contributed by atoms with Crippen molar-refractivity contribution in [3.05, 3.63) is 0 Å². The van der Waals surface area contributed by atoms with Crippen molar-refractivity contribution in [2.45, 2.75) is 76.2 Å². The minimum atomic E-state index is -0.855. The standard InChI is InChI=1S/C17H24N2O2/c18-12-17(10-6-2-1-3-7-11-17)19-15(20)13-8-4-5-9-14(13)16(19)21/h13-14H,1-11H2. The van der Waals surface area contributed by atoms with Crippen LogP contribution in [0.25, 0.3) is 0 Å². The molecule has 2 unspecified atom stereocenters. The molecule has 0 spiro atoms. The zero-order valence-corrected chi connectivity index (χ0v) is 12.6. The molecule has 21 heavy (non-hydrogen) atoms. The third kappa shape index (κ3) is 2.37. The molecule has 114 valence electrons. The highest BCUT2D eigenvalue weighted by Crippen LogP contribution is 2.43. The average Bonchev–Trinajstić information content (AvgIpc) is 2.73. The van der Waals surface area contributed by atoms with Crippen LogP contribution in [0.2, 0.25) is 0 Å². The van der Waals surface area contributed by atoms with Gasteiger partial charge in [0.15, 0.2) is 0 Å². The molecule has 4 nitrogen and oxygen atoms in total. The molecule has 1 saturated heterocycles. The van der Waals surface area contributed by atoms with E-state index >= 15 is 0 Å². The second-order valence-corrected chi connectivity index (χ2v) is 6.92. The number of carbonyl (C=O) groups excluding carboxylic acids is 2. The Labute approximate surface area is 126 Å². The Morgan fingerprint density at radius 2 is 1.33 bits per heavy atom. The monoisotopic (exact) mass is 288 g/mol. The molecule has 3 aliphatic rings. The van der Waals surface area contributed by atoms with Crippen molar-refractivity contribution in [3.8, 4) is 6.07 Å². The van der Waals surface area contributed by atoms with Gasteiger partial charge >= 0.3 is 0 Å². The number of fused-ring (bicyclic) bond motifs is 1. The maximum atomic E-state index is 12.8. The van der Waals surface area contributed by atoms with Crippen molar-refractivity contribution >= 4 is 11.8 Å². The maximum absolute atomic E-state index is 12.8. The predicted molar refractivity (Wildman–Crippen MR) is 78.0 cm³/mol. The number of rotatable bonds is 1. The van der Waals surface area contributed by atoms with Gasteiger partial charge in [0.2, 0.25) is 11.8 Å². The van der Waals surface area contributed by atoms with E-state index in [0.717, 1.165) is 51.4 Å². The van der Waals surface area contributed by atoms with Gasteiger partial charge in [0, 0.05) is 0 Å². The number of carbonyl (C=O) groups is 2. The molecule has 2 atom stereocenters. The van der Waals surface area contributed by atoms with Gasteiger partial charge in [-0.1, -0.05) is 44.9 Å². The van der Waals surface area contributed by atoms with Gasteiger partial charge < -0.3 is 0 Å². The summed E-state index contributed by atoms with van der Waals surface area (Å²) >= 11 is 0. The molecule has 0 aromatic rings. The van der Waals surface area contributed by atoms with Crippen LogP contribution in [-0.4, -0.2) is 22.3 Å². The van der Waals surface area contributed by atoms with E-state index in [1.807, 2.05) is 0 Å². The van der Waals surface area contributed by atoms with Gasteiger partial charge in [-0.05, 0) is 25.7 Å². The second-order valence-electron chi connectivity index (χ2n) is 6.92. The number of imide groups is 1. The van der Waals surface area contributed by atoms with Crippen LogP contribution in [0.1, 0.15) is 70.6 Å².